The molecule has 1 aliphatic heterocycles. The van der Waals surface area contributed by atoms with Gasteiger partial charge in [-0.3, -0.25) is 9.59 Å². The summed E-state index contributed by atoms with van der Waals surface area (Å²) in [5.41, 5.74) is 1.93. The van der Waals surface area contributed by atoms with Gasteiger partial charge in [0.1, 0.15) is 11.8 Å². The first-order valence-electron chi connectivity index (χ1n) is 10.6. The van der Waals surface area contributed by atoms with Gasteiger partial charge in [0.15, 0.2) is 11.5 Å². The Labute approximate surface area is 183 Å². The Hall–Kier alpha value is -3.22. The third-order valence-electron chi connectivity index (χ3n) is 5.29. The molecule has 3 rings (SSSR count). The van der Waals surface area contributed by atoms with Crippen LogP contribution in [0.2, 0.25) is 0 Å². The molecule has 0 bridgehead atoms. The fourth-order valence-electron chi connectivity index (χ4n) is 3.40. The maximum atomic E-state index is 13.2. The molecule has 0 saturated heterocycles. The summed E-state index contributed by atoms with van der Waals surface area (Å²) in [5.74, 6) is 1.95. The number of nitrogens with zero attached hydrogens (tertiary/aromatic N) is 1. The van der Waals surface area contributed by atoms with Gasteiger partial charge in [0.25, 0.3) is 0 Å². The van der Waals surface area contributed by atoms with Crippen molar-refractivity contribution in [2.75, 3.05) is 20.4 Å². The summed E-state index contributed by atoms with van der Waals surface area (Å²) < 4.78 is 16.0. The highest BCUT2D eigenvalue weighted by molar-refractivity contribution is 5.87. The fourth-order valence-corrected chi connectivity index (χ4v) is 3.40. The number of benzene rings is 2. The molecule has 7 heteroatoms. The molecule has 0 radical (unpaired) electrons. The Bertz CT molecular complexity index is 897. The number of rotatable bonds is 10. The summed E-state index contributed by atoms with van der Waals surface area (Å²) in [7, 11) is 1.61. The van der Waals surface area contributed by atoms with Gasteiger partial charge in [0.2, 0.25) is 18.6 Å². The molecule has 166 valence electrons. The maximum Gasteiger partial charge on any atom is 0.242 e. The SMILES string of the molecule is CCCNC(=O)[C@@H](C)N(Cc1ccc(OC)cc1)C(=O)CCc1ccc2c(c1)OCO2. The largest absolute Gasteiger partial charge is 0.497 e. The van der Waals surface area contributed by atoms with E-state index in [9.17, 15) is 9.59 Å². The first kappa shape index (κ1) is 22.5. The van der Waals surface area contributed by atoms with Crippen LogP contribution in [0.15, 0.2) is 42.5 Å². The van der Waals surface area contributed by atoms with Crippen molar-refractivity contribution in [3.63, 3.8) is 0 Å². The number of ether oxygens (including phenoxy) is 3. The lowest BCUT2D eigenvalue weighted by Crippen LogP contribution is -2.47. The van der Waals surface area contributed by atoms with Gasteiger partial charge in [-0.15, -0.1) is 0 Å². The third-order valence-corrected chi connectivity index (χ3v) is 5.29. The summed E-state index contributed by atoms with van der Waals surface area (Å²) in [5, 5.41) is 2.89. The number of carbonyl (C=O) groups is 2. The van der Waals surface area contributed by atoms with Crippen molar-refractivity contribution >= 4 is 11.8 Å². The van der Waals surface area contributed by atoms with Crippen molar-refractivity contribution in [3.8, 4) is 17.2 Å². The van der Waals surface area contributed by atoms with Gasteiger partial charge in [0, 0.05) is 19.5 Å². The van der Waals surface area contributed by atoms with E-state index >= 15 is 0 Å². The standard InChI is InChI=1S/C24H30N2O5/c1-4-13-25-24(28)17(2)26(15-19-5-9-20(29-3)10-6-19)23(27)12-8-18-7-11-21-22(14-18)31-16-30-21/h5-7,9-11,14,17H,4,8,12-13,15-16H2,1-3H3,(H,25,28)/t17-/m1/s1. The van der Waals surface area contributed by atoms with E-state index in [2.05, 4.69) is 5.32 Å². The zero-order valence-corrected chi connectivity index (χ0v) is 18.3. The van der Waals surface area contributed by atoms with Crippen LogP contribution >= 0.6 is 0 Å². The van der Waals surface area contributed by atoms with Crippen molar-refractivity contribution in [2.45, 2.75) is 45.7 Å². The minimum Gasteiger partial charge on any atom is -0.497 e. The van der Waals surface area contributed by atoms with E-state index in [0.29, 0.717) is 31.7 Å². The van der Waals surface area contributed by atoms with E-state index in [1.165, 1.54) is 0 Å². The summed E-state index contributed by atoms with van der Waals surface area (Å²) in [6.45, 7) is 4.93. The Morgan fingerprint density at radius 3 is 2.52 bits per heavy atom. The summed E-state index contributed by atoms with van der Waals surface area (Å²) in [6, 6.07) is 12.7. The van der Waals surface area contributed by atoms with E-state index < -0.39 is 6.04 Å². The summed E-state index contributed by atoms with van der Waals surface area (Å²) >= 11 is 0. The molecule has 2 aromatic rings. The molecule has 1 heterocycles. The number of carbonyl (C=O) groups excluding carboxylic acids is 2. The Morgan fingerprint density at radius 1 is 1.10 bits per heavy atom. The van der Waals surface area contributed by atoms with Crippen LogP contribution in [0, 0.1) is 0 Å². The lowest BCUT2D eigenvalue weighted by Gasteiger charge is -2.29. The molecule has 1 atom stereocenters. The van der Waals surface area contributed by atoms with Gasteiger partial charge in [0.05, 0.1) is 7.11 Å². The van der Waals surface area contributed by atoms with Crippen molar-refractivity contribution in [1.82, 2.24) is 10.2 Å². The zero-order valence-electron chi connectivity index (χ0n) is 18.3. The quantitative estimate of drug-likeness (QED) is 0.631. The van der Waals surface area contributed by atoms with Gasteiger partial charge in [-0.25, -0.2) is 0 Å². The topological polar surface area (TPSA) is 77.1 Å². The number of nitrogens with one attached hydrogen (secondary N) is 1. The fraction of sp³-hybridized carbons (Fsp3) is 0.417. The molecule has 0 unspecified atom stereocenters. The molecule has 0 aliphatic carbocycles. The monoisotopic (exact) mass is 426 g/mol. The molecule has 2 amide bonds. The number of hydrogen-bond donors (Lipinski definition) is 1. The number of amides is 2. The van der Waals surface area contributed by atoms with Crippen molar-refractivity contribution < 1.29 is 23.8 Å². The Balaban J connectivity index is 1.70. The summed E-state index contributed by atoms with van der Waals surface area (Å²) in [4.78, 5) is 27.4. The van der Waals surface area contributed by atoms with Crippen molar-refractivity contribution in [3.05, 3.63) is 53.6 Å². The number of methoxy groups -OCH3 is 1. The molecule has 0 saturated carbocycles. The van der Waals surface area contributed by atoms with Crippen LogP contribution in [0.1, 0.15) is 37.8 Å². The summed E-state index contributed by atoms with van der Waals surface area (Å²) in [6.07, 6.45) is 1.69. The van der Waals surface area contributed by atoms with E-state index in [1.807, 2.05) is 49.4 Å². The van der Waals surface area contributed by atoms with Gasteiger partial charge >= 0.3 is 0 Å². The molecular formula is C24H30N2O5. The molecule has 0 fully saturated rings. The highest BCUT2D eigenvalue weighted by Crippen LogP contribution is 2.32. The van der Waals surface area contributed by atoms with Gasteiger partial charge in [-0.2, -0.15) is 0 Å². The second-order valence-corrected chi connectivity index (χ2v) is 7.52. The van der Waals surface area contributed by atoms with E-state index in [-0.39, 0.29) is 18.6 Å². The molecule has 0 aromatic heterocycles. The van der Waals surface area contributed by atoms with E-state index in [4.69, 9.17) is 14.2 Å². The van der Waals surface area contributed by atoms with Gasteiger partial charge in [-0.05, 0) is 55.2 Å². The molecular weight excluding hydrogens is 396 g/mol. The zero-order chi connectivity index (χ0) is 22.2. The lowest BCUT2D eigenvalue weighted by molar-refractivity contribution is -0.140. The minimum atomic E-state index is -0.571. The first-order chi connectivity index (χ1) is 15.0. The van der Waals surface area contributed by atoms with Crippen molar-refractivity contribution in [1.29, 1.82) is 0 Å². The van der Waals surface area contributed by atoms with E-state index in [0.717, 1.165) is 29.0 Å². The number of aryl methyl sites for hydroxylation is 1. The van der Waals surface area contributed by atoms with E-state index in [1.54, 1.807) is 18.9 Å². The van der Waals surface area contributed by atoms with Crippen molar-refractivity contribution in [2.24, 2.45) is 0 Å². The molecule has 1 N–H and O–H groups in total. The molecule has 7 nitrogen and oxygen atoms in total. The van der Waals surface area contributed by atoms with Crippen LogP contribution in [0.4, 0.5) is 0 Å². The molecule has 1 aliphatic rings. The Kier molecular flexibility index (Phi) is 7.76. The third kappa shape index (κ3) is 5.90. The van der Waals surface area contributed by atoms with Crippen LogP contribution < -0.4 is 19.5 Å². The van der Waals surface area contributed by atoms with Crippen LogP contribution in [0.5, 0.6) is 17.2 Å². The second-order valence-electron chi connectivity index (χ2n) is 7.52. The van der Waals surface area contributed by atoms with Crippen LogP contribution in [-0.2, 0) is 22.6 Å². The second kappa shape index (κ2) is 10.7. The molecule has 0 spiro atoms. The van der Waals surface area contributed by atoms with Crippen LogP contribution in [-0.4, -0.2) is 43.2 Å². The smallest absolute Gasteiger partial charge is 0.242 e. The first-order valence-corrected chi connectivity index (χ1v) is 10.6. The number of fused-ring (bicyclic) bond motifs is 1. The van der Waals surface area contributed by atoms with Crippen LogP contribution in [0.3, 0.4) is 0 Å². The van der Waals surface area contributed by atoms with Gasteiger partial charge < -0.3 is 24.4 Å². The molecule has 31 heavy (non-hydrogen) atoms. The Morgan fingerprint density at radius 2 is 1.81 bits per heavy atom. The highest BCUT2D eigenvalue weighted by atomic mass is 16.7. The minimum absolute atomic E-state index is 0.0763. The highest BCUT2D eigenvalue weighted by Gasteiger charge is 2.26. The predicted molar refractivity (Wildman–Crippen MR) is 117 cm³/mol. The predicted octanol–water partition coefficient (Wildman–Crippen LogP) is 3.30. The normalized spacial score (nSPS) is 12.9. The maximum absolute atomic E-state index is 13.2. The average molecular weight is 427 g/mol. The average Bonchev–Trinajstić information content (AvgIpc) is 3.27. The lowest BCUT2D eigenvalue weighted by atomic mass is 10.1. The number of hydrogen-bond acceptors (Lipinski definition) is 5. The molecule has 2 aromatic carbocycles. The van der Waals surface area contributed by atoms with Crippen LogP contribution in [0.25, 0.3) is 0 Å². The van der Waals surface area contributed by atoms with Gasteiger partial charge in [-0.1, -0.05) is 25.1 Å².